The van der Waals surface area contributed by atoms with E-state index in [1.54, 1.807) is 12.1 Å². The maximum absolute atomic E-state index is 12.4. The Labute approximate surface area is 160 Å². The molecule has 2 aromatic carbocycles. The third kappa shape index (κ3) is 5.62. The van der Waals surface area contributed by atoms with Crippen LogP contribution >= 0.6 is 0 Å². The van der Waals surface area contributed by atoms with Gasteiger partial charge in [0.25, 0.3) is 0 Å². The predicted molar refractivity (Wildman–Crippen MR) is 105 cm³/mol. The van der Waals surface area contributed by atoms with Crippen molar-refractivity contribution in [3.8, 4) is 11.5 Å². The first-order valence-electron chi connectivity index (χ1n) is 8.26. The van der Waals surface area contributed by atoms with Gasteiger partial charge in [0.15, 0.2) is 0 Å². The minimum absolute atomic E-state index is 0.241. The first kappa shape index (κ1) is 20.6. The molecule has 2 aromatic rings. The molecule has 0 aromatic heterocycles. The molecule has 0 bridgehead atoms. The first-order valence-corrected chi connectivity index (χ1v) is 10.1. The molecule has 0 aliphatic rings. The minimum atomic E-state index is -3.72. The van der Waals surface area contributed by atoms with Crippen LogP contribution < -0.4 is 19.1 Å². The smallest absolute Gasteiger partial charge is 0.241 e. The van der Waals surface area contributed by atoms with Crippen molar-refractivity contribution in [2.24, 2.45) is 0 Å². The van der Waals surface area contributed by atoms with E-state index < -0.39 is 15.9 Å². The van der Waals surface area contributed by atoms with E-state index in [1.165, 1.54) is 20.3 Å². The lowest BCUT2D eigenvalue weighted by atomic mass is 10.1. The van der Waals surface area contributed by atoms with Gasteiger partial charge >= 0.3 is 0 Å². The summed E-state index contributed by atoms with van der Waals surface area (Å²) in [6.45, 7) is 1.92. The van der Waals surface area contributed by atoms with Crippen molar-refractivity contribution in [1.29, 1.82) is 0 Å². The number of hydrogen-bond donors (Lipinski definition) is 1. The minimum Gasteiger partial charge on any atom is -0.497 e. The molecule has 1 N–H and O–H groups in total. The summed E-state index contributed by atoms with van der Waals surface area (Å²) >= 11 is 0. The molecule has 0 fully saturated rings. The molecule has 0 aliphatic heterocycles. The third-order valence-corrected chi connectivity index (χ3v) is 5.08. The molecular weight excluding hydrogens is 368 g/mol. The van der Waals surface area contributed by atoms with Crippen LogP contribution in [0, 0.1) is 6.92 Å². The van der Waals surface area contributed by atoms with Crippen LogP contribution in [0.25, 0.3) is 0 Å². The van der Waals surface area contributed by atoms with Crippen molar-refractivity contribution in [2.75, 3.05) is 31.3 Å². The summed E-state index contributed by atoms with van der Waals surface area (Å²) in [6, 6.07) is 12.5. The fourth-order valence-corrected chi connectivity index (χ4v) is 3.32. The molecule has 0 saturated carbocycles. The Morgan fingerprint density at radius 1 is 1.07 bits per heavy atom. The number of carbonyl (C=O) groups excluding carboxylic acids is 1. The molecule has 8 heteroatoms. The summed E-state index contributed by atoms with van der Waals surface area (Å²) in [5, 5.41) is 2.74. The Balaban J connectivity index is 2.20. The average Bonchev–Trinajstić information content (AvgIpc) is 2.64. The van der Waals surface area contributed by atoms with Crippen LogP contribution in [0.1, 0.15) is 11.1 Å². The standard InChI is InChI=1S/C19H24N2O5S/c1-14-5-7-15(8-6-14)12-20-19(22)13-21(27(4,23)24)17-11-16(25-2)9-10-18(17)26-3/h5-11H,12-13H2,1-4H3,(H,20,22). The zero-order valence-electron chi connectivity index (χ0n) is 15.9. The molecule has 2 rings (SSSR count). The quantitative estimate of drug-likeness (QED) is 0.744. The number of nitrogens with one attached hydrogen (secondary N) is 1. The number of rotatable bonds is 8. The van der Waals surface area contributed by atoms with Crippen molar-refractivity contribution in [2.45, 2.75) is 13.5 Å². The number of carbonyl (C=O) groups is 1. The second-order valence-corrected chi connectivity index (χ2v) is 7.98. The van der Waals surface area contributed by atoms with E-state index in [1.807, 2.05) is 31.2 Å². The third-order valence-electron chi connectivity index (χ3n) is 3.95. The molecule has 0 saturated heterocycles. The molecule has 0 spiro atoms. The molecule has 0 unspecified atom stereocenters. The molecule has 146 valence electrons. The van der Waals surface area contributed by atoms with Gasteiger partial charge in [-0.3, -0.25) is 9.10 Å². The topological polar surface area (TPSA) is 84.9 Å². The maximum Gasteiger partial charge on any atom is 0.241 e. The van der Waals surface area contributed by atoms with Crippen molar-refractivity contribution < 1.29 is 22.7 Å². The van der Waals surface area contributed by atoms with E-state index in [-0.39, 0.29) is 12.2 Å². The number of ether oxygens (including phenoxy) is 2. The molecule has 0 atom stereocenters. The number of hydrogen-bond acceptors (Lipinski definition) is 5. The van der Waals surface area contributed by atoms with Gasteiger partial charge in [0.05, 0.1) is 26.2 Å². The van der Waals surface area contributed by atoms with Crippen molar-refractivity contribution >= 4 is 21.6 Å². The molecule has 27 heavy (non-hydrogen) atoms. The highest BCUT2D eigenvalue weighted by molar-refractivity contribution is 7.92. The molecule has 1 amide bonds. The van der Waals surface area contributed by atoms with Crippen LogP contribution in [0.3, 0.4) is 0 Å². The average molecular weight is 392 g/mol. The maximum atomic E-state index is 12.4. The number of benzene rings is 2. The zero-order chi connectivity index (χ0) is 20.0. The Morgan fingerprint density at radius 3 is 2.30 bits per heavy atom. The SMILES string of the molecule is COc1ccc(OC)c(N(CC(=O)NCc2ccc(C)cc2)S(C)(=O)=O)c1. The monoisotopic (exact) mass is 392 g/mol. The van der Waals surface area contributed by atoms with Crippen LogP contribution in [-0.4, -0.2) is 41.3 Å². The van der Waals surface area contributed by atoms with Crippen molar-refractivity contribution in [3.63, 3.8) is 0 Å². The molecule has 0 heterocycles. The second kappa shape index (κ2) is 8.77. The fourth-order valence-electron chi connectivity index (χ4n) is 2.47. The summed E-state index contributed by atoms with van der Waals surface area (Å²) in [5.41, 5.74) is 2.29. The highest BCUT2D eigenvalue weighted by Crippen LogP contribution is 2.33. The normalized spacial score (nSPS) is 11.0. The van der Waals surface area contributed by atoms with Gasteiger partial charge in [0.2, 0.25) is 15.9 Å². The van der Waals surface area contributed by atoms with E-state index in [0.717, 1.165) is 21.7 Å². The molecular formula is C19H24N2O5S. The summed E-state index contributed by atoms with van der Waals surface area (Å²) in [7, 11) is -0.812. The second-order valence-electron chi connectivity index (χ2n) is 6.07. The van der Waals surface area contributed by atoms with Crippen LogP contribution in [0.15, 0.2) is 42.5 Å². The highest BCUT2D eigenvalue weighted by Gasteiger charge is 2.24. The Bertz CT molecular complexity index is 895. The van der Waals surface area contributed by atoms with E-state index in [9.17, 15) is 13.2 Å². The lowest BCUT2D eigenvalue weighted by Crippen LogP contribution is -2.40. The van der Waals surface area contributed by atoms with E-state index >= 15 is 0 Å². The van der Waals surface area contributed by atoms with E-state index in [2.05, 4.69) is 5.32 Å². The molecule has 7 nitrogen and oxygen atoms in total. The van der Waals surface area contributed by atoms with Gasteiger partial charge in [-0.15, -0.1) is 0 Å². The lowest BCUT2D eigenvalue weighted by molar-refractivity contribution is -0.119. The lowest BCUT2D eigenvalue weighted by Gasteiger charge is -2.24. The van der Waals surface area contributed by atoms with Crippen molar-refractivity contribution in [3.05, 3.63) is 53.6 Å². The van der Waals surface area contributed by atoms with Crippen LogP contribution in [0.5, 0.6) is 11.5 Å². The first-order chi connectivity index (χ1) is 12.7. The Hall–Kier alpha value is -2.74. The van der Waals surface area contributed by atoms with E-state index in [4.69, 9.17) is 9.47 Å². The van der Waals surface area contributed by atoms with Gasteiger partial charge in [-0.25, -0.2) is 8.42 Å². The van der Waals surface area contributed by atoms with Crippen LogP contribution in [-0.2, 0) is 21.4 Å². The largest absolute Gasteiger partial charge is 0.497 e. The van der Waals surface area contributed by atoms with Crippen molar-refractivity contribution in [1.82, 2.24) is 5.32 Å². The number of nitrogens with zero attached hydrogens (tertiary/aromatic N) is 1. The van der Waals surface area contributed by atoms with Gasteiger partial charge < -0.3 is 14.8 Å². The van der Waals surface area contributed by atoms with Crippen LogP contribution in [0.4, 0.5) is 5.69 Å². The van der Waals surface area contributed by atoms with Gasteiger partial charge in [0, 0.05) is 12.6 Å². The summed E-state index contributed by atoms with van der Waals surface area (Å²) in [5.74, 6) is 0.359. The van der Waals surface area contributed by atoms with E-state index in [0.29, 0.717) is 18.0 Å². The zero-order valence-corrected chi connectivity index (χ0v) is 16.7. The molecule has 0 radical (unpaired) electrons. The van der Waals surface area contributed by atoms with Gasteiger partial charge in [-0.1, -0.05) is 29.8 Å². The van der Waals surface area contributed by atoms with Gasteiger partial charge in [-0.2, -0.15) is 0 Å². The number of anilines is 1. The van der Waals surface area contributed by atoms with Gasteiger partial charge in [0.1, 0.15) is 18.0 Å². The Kier molecular flexibility index (Phi) is 6.68. The summed E-state index contributed by atoms with van der Waals surface area (Å²) < 4.78 is 36.0. The summed E-state index contributed by atoms with van der Waals surface area (Å²) in [4.78, 5) is 12.4. The predicted octanol–water partition coefficient (Wildman–Crippen LogP) is 2.09. The fraction of sp³-hybridized carbons (Fsp3) is 0.316. The number of aryl methyl sites for hydroxylation is 1. The van der Waals surface area contributed by atoms with Crippen LogP contribution in [0.2, 0.25) is 0 Å². The highest BCUT2D eigenvalue weighted by atomic mass is 32.2. The van der Waals surface area contributed by atoms with Gasteiger partial charge in [-0.05, 0) is 24.6 Å². The number of amides is 1. The Morgan fingerprint density at radius 2 is 1.74 bits per heavy atom. The summed E-state index contributed by atoms with van der Waals surface area (Å²) in [6.07, 6.45) is 1.04. The molecule has 0 aliphatic carbocycles. The number of sulfonamides is 1. The number of methoxy groups -OCH3 is 2.